The fourth-order valence-electron chi connectivity index (χ4n) is 2.56. The average Bonchev–Trinajstić information content (AvgIpc) is 2.40. The number of halogens is 2. The SMILES string of the molecule is CCC1NC(=O)C(C(C)C)N(c2ccc(F)cc2Cl)C1=O. The number of carbonyl (C=O) groups is 2. The van der Waals surface area contributed by atoms with Crippen LogP contribution in [0.5, 0.6) is 0 Å². The third-order valence-electron chi connectivity index (χ3n) is 3.61. The number of nitrogens with one attached hydrogen (secondary N) is 1. The molecule has 2 atom stereocenters. The second-order valence-corrected chi connectivity index (χ2v) is 5.87. The van der Waals surface area contributed by atoms with E-state index in [-0.39, 0.29) is 22.8 Å². The first-order chi connectivity index (χ1) is 9.86. The molecule has 1 aliphatic rings. The van der Waals surface area contributed by atoms with Gasteiger partial charge in [-0.1, -0.05) is 32.4 Å². The zero-order valence-electron chi connectivity index (χ0n) is 12.2. The molecule has 6 heteroatoms. The molecule has 21 heavy (non-hydrogen) atoms. The Labute approximate surface area is 128 Å². The molecule has 0 radical (unpaired) electrons. The summed E-state index contributed by atoms with van der Waals surface area (Å²) in [4.78, 5) is 26.3. The lowest BCUT2D eigenvalue weighted by atomic mass is 9.95. The summed E-state index contributed by atoms with van der Waals surface area (Å²) in [5, 5.41) is 2.85. The minimum atomic E-state index is -0.650. The van der Waals surface area contributed by atoms with E-state index in [1.807, 2.05) is 20.8 Å². The van der Waals surface area contributed by atoms with Crippen LogP contribution in [0.1, 0.15) is 27.2 Å². The highest BCUT2D eigenvalue weighted by Crippen LogP contribution is 2.32. The topological polar surface area (TPSA) is 49.4 Å². The molecule has 1 aromatic carbocycles. The Hall–Kier alpha value is -1.62. The zero-order valence-corrected chi connectivity index (χ0v) is 12.9. The summed E-state index contributed by atoms with van der Waals surface area (Å²) < 4.78 is 13.2. The molecule has 1 aliphatic heterocycles. The van der Waals surface area contributed by atoms with Crippen molar-refractivity contribution in [1.82, 2.24) is 5.32 Å². The van der Waals surface area contributed by atoms with Crippen molar-refractivity contribution >= 4 is 29.1 Å². The van der Waals surface area contributed by atoms with Gasteiger partial charge in [-0.2, -0.15) is 0 Å². The van der Waals surface area contributed by atoms with Gasteiger partial charge in [-0.15, -0.1) is 0 Å². The summed E-state index contributed by atoms with van der Waals surface area (Å²) in [6.07, 6.45) is 0.491. The van der Waals surface area contributed by atoms with E-state index in [1.165, 1.54) is 17.0 Å². The van der Waals surface area contributed by atoms with Gasteiger partial charge in [0, 0.05) is 0 Å². The molecule has 1 N–H and O–H groups in total. The third kappa shape index (κ3) is 2.88. The molecular weight excluding hydrogens is 295 g/mol. The van der Waals surface area contributed by atoms with Gasteiger partial charge in [-0.25, -0.2) is 4.39 Å². The van der Waals surface area contributed by atoms with Crippen LogP contribution >= 0.6 is 11.6 Å². The second-order valence-electron chi connectivity index (χ2n) is 5.46. The van der Waals surface area contributed by atoms with E-state index >= 15 is 0 Å². The third-order valence-corrected chi connectivity index (χ3v) is 3.91. The predicted octanol–water partition coefficient (Wildman–Crippen LogP) is 2.75. The molecular formula is C15H18ClFN2O2. The van der Waals surface area contributed by atoms with Crippen LogP contribution in [0.25, 0.3) is 0 Å². The highest BCUT2D eigenvalue weighted by molar-refractivity contribution is 6.34. The zero-order chi connectivity index (χ0) is 15.7. The van der Waals surface area contributed by atoms with E-state index in [0.717, 1.165) is 6.07 Å². The smallest absolute Gasteiger partial charge is 0.250 e. The molecule has 0 aliphatic carbocycles. The molecule has 0 aromatic heterocycles. The summed E-state index contributed by atoms with van der Waals surface area (Å²) in [7, 11) is 0. The van der Waals surface area contributed by atoms with Gasteiger partial charge < -0.3 is 5.32 Å². The van der Waals surface area contributed by atoms with Crippen LogP contribution in [0, 0.1) is 11.7 Å². The Morgan fingerprint density at radius 1 is 1.38 bits per heavy atom. The highest BCUT2D eigenvalue weighted by Gasteiger charge is 2.42. The van der Waals surface area contributed by atoms with Gasteiger partial charge in [0.05, 0.1) is 10.7 Å². The Morgan fingerprint density at radius 2 is 2.05 bits per heavy atom. The van der Waals surface area contributed by atoms with Gasteiger partial charge in [0.15, 0.2) is 0 Å². The Balaban J connectivity index is 2.52. The first-order valence-electron chi connectivity index (χ1n) is 6.95. The molecule has 1 fully saturated rings. The lowest BCUT2D eigenvalue weighted by Gasteiger charge is -2.40. The van der Waals surface area contributed by atoms with Crippen molar-refractivity contribution in [3.05, 3.63) is 29.0 Å². The van der Waals surface area contributed by atoms with Crippen LogP contribution in [0.2, 0.25) is 5.02 Å². The fourth-order valence-corrected chi connectivity index (χ4v) is 2.82. The van der Waals surface area contributed by atoms with E-state index in [1.54, 1.807) is 0 Å². The first-order valence-corrected chi connectivity index (χ1v) is 7.33. The number of anilines is 1. The number of benzene rings is 1. The van der Waals surface area contributed by atoms with Crippen molar-refractivity contribution < 1.29 is 14.0 Å². The van der Waals surface area contributed by atoms with Crippen molar-refractivity contribution in [1.29, 1.82) is 0 Å². The molecule has 4 nitrogen and oxygen atoms in total. The maximum absolute atomic E-state index is 13.2. The van der Waals surface area contributed by atoms with Gasteiger partial charge >= 0.3 is 0 Å². The Kier molecular flexibility index (Phi) is 4.52. The lowest BCUT2D eigenvalue weighted by molar-refractivity contribution is -0.134. The number of rotatable bonds is 3. The van der Waals surface area contributed by atoms with Gasteiger partial charge in [0.2, 0.25) is 11.8 Å². The molecule has 2 amide bonds. The Morgan fingerprint density at radius 3 is 2.57 bits per heavy atom. The summed E-state index contributed by atoms with van der Waals surface area (Å²) in [6, 6.07) is 2.60. The standard InChI is InChI=1S/C15H18ClFN2O2/c1-4-11-15(21)19(13(8(2)3)14(20)18-11)12-6-5-9(17)7-10(12)16/h5-8,11,13H,4H2,1-3H3,(H,18,20). The molecule has 114 valence electrons. The minimum Gasteiger partial charge on any atom is -0.342 e. The van der Waals surface area contributed by atoms with E-state index in [0.29, 0.717) is 12.1 Å². The number of hydrogen-bond donors (Lipinski definition) is 1. The normalized spacial score (nSPS) is 22.7. The molecule has 2 unspecified atom stereocenters. The molecule has 1 aromatic rings. The van der Waals surface area contributed by atoms with Crippen molar-refractivity contribution in [3.8, 4) is 0 Å². The van der Waals surface area contributed by atoms with Crippen LogP contribution in [-0.2, 0) is 9.59 Å². The van der Waals surface area contributed by atoms with Crippen molar-refractivity contribution in [2.75, 3.05) is 4.90 Å². The van der Waals surface area contributed by atoms with Crippen molar-refractivity contribution in [2.45, 2.75) is 39.3 Å². The minimum absolute atomic E-state index is 0.0899. The number of carbonyl (C=O) groups excluding carboxylic acids is 2. The number of piperazine rings is 1. The quantitative estimate of drug-likeness (QED) is 0.933. The number of amides is 2. The van der Waals surface area contributed by atoms with Crippen LogP contribution in [0.15, 0.2) is 18.2 Å². The maximum atomic E-state index is 13.2. The maximum Gasteiger partial charge on any atom is 0.250 e. The molecule has 1 heterocycles. The van der Waals surface area contributed by atoms with Crippen LogP contribution < -0.4 is 10.2 Å². The predicted molar refractivity (Wildman–Crippen MR) is 79.7 cm³/mol. The largest absolute Gasteiger partial charge is 0.342 e. The van der Waals surface area contributed by atoms with Gasteiger partial charge in [-0.05, 0) is 30.5 Å². The van der Waals surface area contributed by atoms with E-state index < -0.39 is 17.9 Å². The van der Waals surface area contributed by atoms with E-state index in [9.17, 15) is 14.0 Å². The van der Waals surface area contributed by atoms with Gasteiger partial charge in [0.25, 0.3) is 0 Å². The summed E-state index contributed by atoms with van der Waals surface area (Å²) in [6.45, 7) is 5.53. The average molecular weight is 313 g/mol. The second kappa shape index (κ2) is 6.02. The summed E-state index contributed by atoms with van der Waals surface area (Å²) in [5.41, 5.74) is 0.370. The number of nitrogens with zero attached hydrogens (tertiary/aromatic N) is 1. The highest BCUT2D eigenvalue weighted by atomic mass is 35.5. The summed E-state index contributed by atoms with van der Waals surface area (Å²) >= 11 is 6.07. The first kappa shape index (κ1) is 15.8. The Bertz CT molecular complexity index is 577. The van der Waals surface area contributed by atoms with Crippen LogP contribution in [0.4, 0.5) is 10.1 Å². The summed E-state index contributed by atoms with van der Waals surface area (Å²) in [5.74, 6) is -1.00. The number of hydrogen-bond acceptors (Lipinski definition) is 2. The van der Waals surface area contributed by atoms with Crippen LogP contribution in [-0.4, -0.2) is 23.9 Å². The van der Waals surface area contributed by atoms with Crippen molar-refractivity contribution in [3.63, 3.8) is 0 Å². The van der Waals surface area contributed by atoms with E-state index in [4.69, 9.17) is 11.6 Å². The monoisotopic (exact) mass is 312 g/mol. The van der Waals surface area contributed by atoms with Crippen LogP contribution in [0.3, 0.4) is 0 Å². The van der Waals surface area contributed by atoms with Crippen molar-refractivity contribution in [2.24, 2.45) is 5.92 Å². The van der Waals surface area contributed by atoms with Gasteiger partial charge in [-0.3, -0.25) is 14.5 Å². The van der Waals surface area contributed by atoms with E-state index in [2.05, 4.69) is 5.32 Å². The fraction of sp³-hybridized carbons (Fsp3) is 0.467. The van der Waals surface area contributed by atoms with Gasteiger partial charge in [0.1, 0.15) is 17.9 Å². The molecule has 1 saturated heterocycles. The molecule has 0 bridgehead atoms. The molecule has 2 rings (SSSR count). The lowest BCUT2D eigenvalue weighted by Crippen LogP contribution is -2.65. The molecule has 0 spiro atoms. The molecule has 0 saturated carbocycles.